The van der Waals surface area contributed by atoms with Crippen LogP contribution in [0.2, 0.25) is 0 Å². The lowest BCUT2D eigenvalue weighted by molar-refractivity contribution is -0.199. The Morgan fingerprint density at radius 2 is 1.13 bits per heavy atom. The van der Waals surface area contributed by atoms with Crippen molar-refractivity contribution in [1.29, 1.82) is 0 Å². The lowest BCUT2D eigenvalue weighted by Gasteiger charge is -2.64. The van der Waals surface area contributed by atoms with Gasteiger partial charge in [-0.2, -0.15) is 0 Å². The van der Waals surface area contributed by atoms with Gasteiger partial charge in [0.25, 0.3) is 0 Å². The summed E-state index contributed by atoms with van der Waals surface area (Å²) in [6.07, 6.45) is 12.4. The lowest BCUT2D eigenvalue weighted by Crippen LogP contribution is -2.65. The van der Waals surface area contributed by atoms with Crippen molar-refractivity contribution >= 4 is 32.4 Å². The molecule has 5 amide bonds. The molecule has 12 rings (SSSR count). The van der Waals surface area contributed by atoms with Crippen molar-refractivity contribution in [2.24, 2.45) is 40.4 Å². The Bertz CT molecular complexity index is 2120. The highest BCUT2D eigenvalue weighted by Crippen LogP contribution is 2.67. The number of carbonyl (C=O) groups is 3. The maximum Gasteiger partial charge on any atom is 0.482 e. The van der Waals surface area contributed by atoms with Crippen LogP contribution >= 0.6 is 0 Å². The van der Waals surface area contributed by atoms with E-state index >= 15 is 0 Å². The van der Waals surface area contributed by atoms with E-state index in [1.807, 2.05) is 57.2 Å². The van der Waals surface area contributed by atoms with Crippen molar-refractivity contribution in [2.45, 2.75) is 186 Å². The molecule has 0 radical (unpaired) electrons. The number of urea groups is 2. The molecule has 10 fully saturated rings. The van der Waals surface area contributed by atoms with Gasteiger partial charge >= 0.3 is 32.4 Å². The Kier molecular flexibility index (Phi) is 14.3. The van der Waals surface area contributed by atoms with E-state index in [9.17, 15) is 14.4 Å². The van der Waals surface area contributed by atoms with E-state index in [1.165, 1.54) is 44.1 Å². The molecule has 0 unspecified atom stereocenters. The van der Waals surface area contributed by atoms with Crippen LogP contribution in [0.4, 0.5) is 14.4 Å². The first-order chi connectivity index (χ1) is 32.7. The number of benzene rings is 2. The number of amides is 5. The van der Waals surface area contributed by atoms with Crippen molar-refractivity contribution < 1.29 is 37.7 Å². The normalized spacial score (nSPS) is 33.3. The van der Waals surface area contributed by atoms with Crippen LogP contribution < -0.4 is 21.3 Å². The summed E-state index contributed by atoms with van der Waals surface area (Å²) in [5.74, 6) is 2.41. The maximum absolute atomic E-state index is 13.2. The lowest BCUT2D eigenvalue weighted by atomic mass is 9.43. The van der Waals surface area contributed by atoms with E-state index in [1.54, 1.807) is 4.90 Å². The standard InChI is InChI=1S/C29H44BN3O5.C25H37BN2O3/c1-27(2,3)36-26(35)33-14-10-13-21(33)18-31-25(34)32-24(15-19-11-8-7-9-12-19)30-37-23-17-20-16-22(28(20,4)5)29(23,6)38-30;1-24(2)19-14-20(24)25(3)21(15-19)30-26(31-25)22(13-17-9-5-4-6-10-17)28-23(29)27-16-18-11-7-8-12-18/h7-9,11-12,20-24H,10,13-18H2,1-6H3,(H2,31,32,34);4-6,9-10,18-22H,7-8,11-16H2,1-3H3,(H2,27,28,29)/t20-,21-,22-,23+,24-,29-;19-,20-,21+,22-,25-/m00/s1. The average molecular weight is 950 g/mol. The average Bonchev–Trinajstić information content (AvgIpc) is 4.13. The number of nitrogens with one attached hydrogen (secondary N) is 4. The summed E-state index contributed by atoms with van der Waals surface area (Å²) in [6, 6.07) is 20.0. The van der Waals surface area contributed by atoms with Gasteiger partial charge in [0.15, 0.2) is 0 Å². The molecule has 3 saturated heterocycles. The highest BCUT2D eigenvalue weighted by Gasteiger charge is 2.70. The second kappa shape index (κ2) is 19.7. The molecule has 0 spiro atoms. The van der Waals surface area contributed by atoms with Crippen LogP contribution in [0, 0.1) is 40.4 Å². The zero-order valence-corrected chi connectivity index (χ0v) is 43.0. The van der Waals surface area contributed by atoms with E-state index < -0.39 is 19.8 Å². The molecule has 3 heterocycles. The molecule has 2 aromatic carbocycles. The predicted octanol–water partition coefficient (Wildman–Crippen LogP) is 8.92. The summed E-state index contributed by atoms with van der Waals surface area (Å²) in [6.45, 7) is 21.2. The van der Waals surface area contributed by atoms with Crippen LogP contribution in [0.3, 0.4) is 0 Å². The largest absolute Gasteiger partial charge is 0.482 e. The third kappa shape index (κ3) is 10.5. The van der Waals surface area contributed by atoms with E-state index in [-0.39, 0.29) is 64.9 Å². The fourth-order valence-electron chi connectivity index (χ4n) is 14.0. The molecule has 13 nitrogen and oxygen atoms in total. The van der Waals surface area contributed by atoms with Crippen LogP contribution in [0.1, 0.15) is 138 Å². The first-order valence-corrected chi connectivity index (χ1v) is 26.6. The second-order valence-electron chi connectivity index (χ2n) is 24.6. The number of rotatable bonds is 12. The number of hydrogen-bond acceptors (Lipinski definition) is 8. The number of ether oxygens (including phenoxy) is 1. The van der Waals surface area contributed by atoms with E-state index in [4.69, 9.17) is 23.4 Å². The Labute approximate surface area is 413 Å². The Hall–Kier alpha value is -3.78. The molecule has 11 atom stereocenters. The molecule has 376 valence electrons. The van der Waals surface area contributed by atoms with Crippen LogP contribution in [-0.2, 0) is 36.2 Å². The van der Waals surface area contributed by atoms with Crippen LogP contribution in [0.5, 0.6) is 0 Å². The third-order valence-corrected chi connectivity index (χ3v) is 18.4. The monoisotopic (exact) mass is 950 g/mol. The fourth-order valence-corrected chi connectivity index (χ4v) is 14.0. The van der Waals surface area contributed by atoms with E-state index in [2.05, 4.69) is 87.1 Å². The van der Waals surface area contributed by atoms with Gasteiger partial charge in [-0.3, -0.25) is 0 Å². The van der Waals surface area contributed by atoms with Crippen molar-refractivity contribution in [3.8, 4) is 0 Å². The van der Waals surface area contributed by atoms with E-state index in [0.29, 0.717) is 60.9 Å². The Morgan fingerprint density at radius 1 is 0.667 bits per heavy atom. The molecule has 0 aromatic heterocycles. The van der Waals surface area contributed by atoms with Crippen molar-refractivity contribution in [1.82, 2.24) is 26.2 Å². The number of nitrogens with zero attached hydrogens (tertiary/aromatic N) is 1. The van der Waals surface area contributed by atoms with Gasteiger partial charge in [0.1, 0.15) is 5.60 Å². The summed E-state index contributed by atoms with van der Waals surface area (Å²) in [7, 11) is -0.932. The molecule has 15 heteroatoms. The van der Waals surface area contributed by atoms with Crippen molar-refractivity contribution in [3.63, 3.8) is 0 Å². The maximum atomic E-state index is 13.2. The SMILES string of the molecule is CC(C)(C)OC(=O)N1CCC[C@H]1CNC(=O)N[C@@H](Cc1ccccc1)B1O[C@@H]2C[C@@H]3C[C@@H](C3(C)C)[C@]2(C)O1.CC1(C)[C@@H]2C[C@H]3OB([C@H](Cc4ccccc4)NC(=O)NCC4CCCC4)O[C@@]3(C)[C@H]1C2. The molecular formula is C54H81B2N5O8. The van der Waals surface area contributed by atoms with Crippen LogP contribution in [0.15, 0.2) is 60.7 Å². The minimum absolute atomic E-state index is 0.0493. The fraction of sp³-hybridized carbons (Fsp3) is 0.722. The van der Waals surface area contributed by atoms with Crippen molar-refractivity contribution in [3.05, 3.63) is 71.8 Å². The van der Waals surface area contributed by atoms with Gasteiger partial charge in [0, 0.05) is 19.6 Å². The topological polar surface area (TPSA) is 149 Å². The highest BCUT2D eigenvalue weighted by atomic mass is 16.7. The zero-order chi connectivity index (χ0) is 48.9. The predicted molar refractivity (Wildman–Crippen MR) is 269 cm³/mol. The second-order valence-corrected chi connectivity index (χ2v) is 24.6. The molecule has 2 aromatic rings. The van der Waals surface area contributed by atoms with Gasteiger partial charge in [-0.25, -0.2) is 14.4 Å². The van der Waals surface area contributed by atoms with Gasteiger partial charge in [0.2, 0.25) is 0 Å². The molecule has 10 aliphatic rings. The molecule has 4 bridgehead atoms. The molecule has 7 aliphatic carbocycles. The Morgan fingerprint density at radius 3 is 1.58 bits per heavy atom. The Balaban J connectivity index is 0.000000175. The number of likely N-dealkylation sites (tertiary alicyclic amines) is 1. The molecular weight excluding hydrogens is 868 g/mol. The zero-order valence-electron chi connectivity index (χ0n) is 43.0. The van der Waals surface area contributed by atoms with Gasteiger partial charge in [-0.1, -0.05) is 101 Å². The van der Waals surface area contributed by atoms with Crippen LogP contribution in [-0.4, -0.2) is 104 Å². The van der Waals surface area contributed by atoms with Gasteiger partial charge in [-0.15, -0.1) is 0 Å². The van der Waals surface area contributed by atoms with Crippen molar-refractivity contribution in [2.75, 3.05) is 19.6 Å². The van der Waals surface area contributed by atoms with Gasteiger partial charge < -0.3 is 49.5 Å². The number of hydrogen-bond donors (Lipinski definition) is 4. The number of carbonyl (C=O) groups excluding carboxylic acids is 3. The quantitative estimate of drug-likeness (QED) is 0.154. The van der Waals surface area contributed by atoms with Crippen LogP contribution in [0.25, 0.3) is 0 Å². The molecule has 4 N–H and O–H groups in total. The van der Waals surface area contributed by atoms with Gasteiger partial charge in [-0.05, 0) is 150 Å². The molecule has 3 aliphatic heterocycles. The summed E-state index contributed by atoms with van der Waals surface area (Å²) in [5.41, 5.74) is 1.70. The third-order valence-electron chi connectivity index (χ3n) is 18.4. The smallest absolute Gasteiger partial charge is 0.444 e. The van der Waals surface area contributed by atoms with Gasteiger partial charge in [0.05, 0.1) is 41.3 Å². The summed E-state index contributed by atoms with van der Waals surface area (Å²) in [5, 5.41) is 12.5. The summed E-state index contributed by atoms with van der Waals surface area (Å²) in [4.78, 5) is 40.3. The summed E-state index contributed by atoms with van der Waals surface area (Å²) < 4.78 is 32.0. The molecule has 7 saturated carbocycles. The minimum Gasteiger partial charge on any atom is -0.444 e. The highest BCUT2D eigenvalue weighted by molar-refractivity contribution is 6.48. The van der Waals surface area contributed by atoms with E-state index in [0.717, 1.165) is 37.8 Å². The summed E-state index contributed by atoms with van der Waals surface area (Å²) >= 11 is 0. The minimum atomic E-state index is -0.551. The first-order valence-electron chi connectivity index (χ1n) is 26.6. The first kappa shape index (κ1) is 50.2. The molecule has 69 heavy (non-hydrogen) atoms.